The van der Waals surface area contributed by atoms with E-state index >= 15 is 0 Å². The number of pyridine rings is 2. The second-order valence-electron chi connectivity index (χ2n) is 5.34. The summed E-state index contributed by atoms with van der Waals surface area (Å²) in [4.78, 5) is 4.78. The fourth-order valence-corrected chi connectivity index (χ4v) is 2.95. The van der Waals surface area contributed by atoms with E-state index in [1.165, 1.54) is 16.8 Å². The normalized spacial score (nSPS) is 11.3. The minimum Gasteiger partial charge on any atom is -0.300 e. The lowest BCUT2D eigenvalue weighted by molar-refractivity contribution is -0.660. The molecule has 1 aromatic carbocycles. The summed E-state index contributed by atoms with van der Waals surface area (Å²) in [5.74, 6) is 0. The highest BCUT2D eigenvalue weighted by Crippen LogP contribution is 2.28. The molecule has 21 heavy (non-hydrogen) atoms. The number of aromatic nitrogens is 3. The van der Waals surface area contributed by atoms with Crippen LogP contribution in [0.25, 0.3) is 27.9 Å². The molecule has 0 spiro atoms. The van der Waals surface area contributed by atoms with Gasteiger partial charge in [-0.3, -0.25) is 4.40 Å². The van der Waals surface area contributed by atoms with E-state index in [1.807, 2.05) is 24.3 Å². The van der Waals surface area contributed by atoms with Crippen molar-refractivity contribution in [1.29, 1.82) is 0 Å². The van der Waals surface area contributed by atoms with Crippen LogP contribution in [0.3, 0.4) is 0 Å². The Bertz CT molecular complexity index is 967. The number of rotatable bonds is 1. The summed E-state index contributed by atoms with van der Waals surface area (Å²) in [5.41, 5.74) is 6.87. The topological polar surface area (TPSA) is 21.2 Å². The summed E-state index contributed by atoms with van der Waals surface area (Å²) in [5, 5.41) is 0. The summed E-state index contributed by atoms with van der Waals surface area (Å²) < 4.78 is 4.28. The molecule has 0 aliphatic rings. The molecule has 3 heteroatoms. The Balaban J connectivity index is 2.07. The van der Waals surface area contributed by atoms with Gasteiger partial charge in [-0.1, -0.05) is 6.07 Å². The van der Waals surface area contributed by atoms with Crippen molar-refractivity contribution in [3.63, 3.8) is 0 Å². The molecule has 0 aliphatic carbocycles. The number of nitrogens with zero attached hydrogens (tertiary/aromatic N) is 3. The first-order valence-electron chi connectivity index (χ1n) is 7.07. The van der Waals surface area contributed by atoms with Gasteiger partial charge < -0.3 is 0 Å². The fourth-order valence-electron chi connectivity index (χ4n) is 2.95. The summed E-state index contributed by atoms with van der Waals surface area (Å²) in [6.45, 7) is 2.15. The standard InChI is InChI=1S/C18H16N3/c1-13-14(15-7-3-5-11-20(15)2)9-10-16-18(13)19-17-8-4-6-12-21(16)17/h3-12H,1-2H3/q+1. The summed E-state index contributed by atoms with van der Waals surface area (Å²) in [6.07, 6.45) is 4.13. The smallest absolute Gasteiger partial charge is 0.212 e. The van der Waals surface area contributed by atoms with E-state index in [9.17, 15) is 0 Å². The molecule has 0 saturated carbocycles. The van der Waals surface area contributed by atoms with Crippen molar-refractivity contribution >= 4 is 16.7 Å². The fraction of sp³-hybridized carbons (Fsp3) is 0.111. The molecule has 3 aromatic heterocycles. The van der Waals surface area contributed by atoms with E-state index in [2.05, 4.69) is 59.6 Å². The minimum atomic E-state index is 0.991. The van der Waals surface area contributed by atoms with Crippen LogP contribution in [0.1, 0.15) is 5.56 Å². The monoisotopic (exact) mass is 274 g/mol. The molecule has 0 unspecified atom stereocenters. The quantitative estimate of drug-likeness (QED) is 0.488. The highest BCUT2D eigenvalue weighted by molar-refractivity contribution is 5.88. The maximum Gasteiger partial charge on any atom is 0.212 e. The lowest BCUT2D eigenvalue weighted by Gasteiger charge is -2.05. The molecule has 0 amide bonds. The molecular formula is C18H16N3+. The van der Waals surface area contributed by atoms with Gasteiger partial charge in [-0.05, 0) is 42.8 Å². The molecule has 0 radical (unpaired) electrons. The average molecular weight is 274 g/mol. The molecular weight excluding hydrogens is 258 g/mol. The van der Waals surface area contributed by atoms with Gasteiger partial charge in [-0.2, -0.15) is 0 Å². The second-order valence-corrected chi connectivity index (χ2v) is 5.34. The Kier molecular flexibility index (Phi) is 2.54. The molecule has 0 bridgehead atoms. The van der Waals surface area contributed by atoms with Crippen LogP contribution in [0.2, 0.25) is 0 Å². The number of fused-ring (bicyclic) bond motifs is 3. The van der Waals surface area contributed by atoms with E-state index in [1.54, 1.807) is 0 Å². The Morgan fingerprint density at radius 1 is 1.00 bits per heavy atom. The molecule has 4 aromatic rings. The third-order valence-corrected chi connectivity index (χ3v) is 4.06. The predicted molar refractivity (Wildman–Crippen MR) is 84.0 cm³/mol. The van der Waals surface area contributed by atoms with Crippen LogP contribution in [0, 0.1) is 6.92 Å². The van der Waals surface area contributed by atoms with Crippen LogP contribution in [-0.4, -0.2) is 9.38 Å². The van der Waals surface area contributed by atoms with Crippen LogP contribution >= 0.6 is 0 Å². The molecule has 0 saturated heterocycles. The SMILES string of the molecule is Cc1c(-c2cccc[n+]2C)ccc2c1nc1ccccn12. The third kappa shape index (κ3) is 1.74. The van der Waals surface area contributed by atoms with E-state index in [-0.39, 0.29) is 0 Å². The van der Waals surface area contributed by atoms with Gasteiger partial charge in [0.05, 0.1) is 16.6 Å². The van der Waals surface area contributed by atoms with Gasteiger partial charge in [-0.15, -0.1) is 0 Å². The first kappa shape index (κ1) is 12.1. The number of imidazole rings is 1. The van der Waals surface area contributed by atoms with Crippen LogP contribution < -0.4 is 4.57 Å². The Hall–Kier alpha value is -2.68. The van der Waals surface area contributed by atoms with E-state index < -0.39 is 0 Å². The number of aryl methyl sites for hydroxylation is 2. The molecule has 3 nitrogen and oxygen atoms in total. The second kappa shape index (κ2) is 4.42. The Labute approximate surface area is 123 Å². The minimum absolute atomic E-state index is 0.991. The van der Waals surface area contributed by atoms with Crippen molar-refractivity contribution in [2.24, 2.45) is 7.05 Å². The predicted octanol–water partition coefficient (Wildman–Crippen LogP) is 3.29. The zero-order valence-corrected chi connectivity index (χ0v) is 12.1. The van der Waals surface area contributed by atoms with Gasteiger partial charge in [0.1, 0.15) is 12.7 Å². The zero-order valence-electron chi connectivity index (χ0n) is 12.1. The zero-order chi connectivity index (χ0) is 14.4. The first-order valence-corrected chi connectivity index (χ1v) is 7.07. The maximum atomic E-state index is 4.78. The van der Waals surface area contributed by atoms with Crippen LogP contribution in [0.4, 0.5) is 0 Å². The molecule has 0 aliphatic heterocycles. The number of hydrogen-bond donors (Lipinski definition) is 0. The number of benzene rings is 1. The van der Waals surface area contributed by atoms with Crippen molar-refractivity contribution in [3.8, 4) is 11.3 Å². The summed E-state index contributed by atoms with van der Waals surface area (Å²) in [7, 11) is 2.07. The van der Waals surface area contributed by atoms with Crippen molar-refractivity contribution < 1.29 is 4.57 Å². The van der Waals surface area contributed by atoms with E-state index in [0.29, 0.717) is 0 Å². The van der Waals surface area contributed by atoms with Crippen LogP contribution in [0.15, 0.2) is 60.9 Å². The Morgan fingerprint density at radius 3 is 2.71 bits per heavy atom. The molecule has 4 rings (SSSR count). The van der Waals surface area contributed by atoms with Crippen molar-refractivity contribution in [3.05, 3.63) is 66.5 Å². The van der Waals surface area contributed by atoms with E-state index in [0.717, 1.165) is 16.7 Å². The molecule has 0 fully saturated rings. The van der Waals surface area contributed by atoms with Crippen molar-refractivity contribution in [2.75, 3.05) is 0 Å². The summed E-state index contributed by atoms with van der Waals surface area (Å²) >= 11 is 0. The van der Waals surface area contributed by atoms with Crippen molar-refractivity contribution in [1.82, 2.24) is 9.38 Å². The van der Waals surface area contributed by atoms with Gasteiger partial charge in [-0.25, -0.2) is 9.55 Å². The molecule has 0 atom stereocenters. The molecule has 3 heterocycles. The highest BCUT2D eigenvalue weighted by atomic mass is 15.0. The van der Waals surface area contributed by atoms with Crippen LogP contribution in [0.5, 0.6) is 0 Å². The van der Waals surface area contributed by atoms with Gasteiger partial charge in [0.25, 0.3) is 0 Å². The van der Waals surface area contributed by atoms with Gasteiger partial charge in [0.2, 0.25) is 5.69 Å². The largest absolute Gasteiger partial charge is 0.300 e. The van der Waals surface area contributed by atoms with Gasteiger partial charge in [0, 0.05) is 18.3 Å². The first-order chi connectivity index (χ1) is 10.3. The van der Waals surface area contributed by atoms with Gasteiger partial charge >= 0.3 is 0 Å². The lowest BCUT2D eigenvalue weighted by Crippen LogP contribution is -2.30. The average Bonchev–Trinajstić information content (AvgIpc) is 2.89. The Morgan fingerprint density at radius 2 is 1.86 bits per heavy atom. The van der Waals surface area contributed by atoms with Crippen molar-refractivity contribution in [2.45, 2.75) is 6.92 Å². The number of hydrogen-bond acceptors (Lipinski definition) is 1. The molecule has 0 N–H and O–H groups in total. The highest BCUT2D eigenvalue weighted by Gasteiger charge is 2.15. The maximum absolute atomic E-state index is 4.78. The van der Waals surface area contributed by atoms with Gasteiger partial charge in [0.15, 0.2) is 6.20 Å². The summed E-state index contributed by atoms with van der Waals surface area (Å²) in [6, 6.07) is 16.7. The molecule has 102 valence electrons. The third-order valence-electron chi connectivity index (χ3n) is 4.06. The van der Waals surface area contributed by atoms with Crippen LogP contribution in [-0.2, 0) is 7.05 Å². The lowest BCUT2D eigenvalue weighted by atomic mass is 10.0. The van der Waals surface area contributed by atoms with E-state index in [4.69, 9.17) is 4.98 Å².